The van der Waals surface area contributed by atoms with Crippen LogP contribution in [0.5, 0.6) is 0 Å². The molecule has 1 aromatic carbocycles. The lowest BCUT2D eigenvalue weighted by atomic mass is 10.1. The highest BCUT2D eigenvalue weighted by Gasteiger charge is 2.56. The number of para-hydroxylation sites is 1. The first kappa shape index (κ1) is 12.1. The predicted octanol–water partition coefficient (Wildman–Crippen LogP) is 2.31. The summed E-state index contributed by atoms with van der Waals surface area (Å²) in [4.78, 5) is 16.4. The molecule has 0 atom stereocenters. The molecule has 1 fully saturated rings. The number of hydrogen-bond acceptors (Lipinski definition) is 3. The summed E-state index contributed by atoms with van der Waals surface area (Å²) in [6, 6.07) is 4.83. The summed E-state index contributed by atoms with van der Waals surface area (Å²) in [6.07, 6.45) is 1.43. The van der Waals surface area contributed by atoms with Gasteiger partial charge in [-0.15, -0.1) is 0 Å². The number of benzene rings is 1. The number of rotatable bonds is 3. The van der Waals surface area contributed by atoms with Crippen LogP contribution in [-0.2, 0) is 22.0 Å². The van der Waals surface area contributed by atoms with Gasteiger partial charge in [-0.05, 0) is 31.9 Å². The molecule has 1 saturated carbocycles. The lowest BCUT2D eigenvalue weighted by Crippen LogP contribution is -2.26. The molecule has 0 bridgehead atoms. The quantitative estimate of drug-likeness (QED) is 0.797. The van der Waals surface area contributed by atoms with E-state index in [0.717, 1.165) is 0 Å². The Hall–Kier alpha value is -1.91. The summed E-state index contributed by atoms with van der Waals surface area (Å²) in [6.45, 7) is 2.13. The van der Waals surface area contributed by atoms with E-state index in [1.54, 1.807) is 23.6 Å². The van der Waals surface area contributed by atoms with E-state index in [4.69, 9.17) is 4.74 Å². The number of carbonyl (C=O) groups is 1. The Morgan fingerprint density at radius 2 is 2.26 bits per heavy atom. The first-order valence-electron chi connectivity index (χ1n) is 6.39. The molecule has 0 spiro atoms. The summed E-state index contributed by atoms with van der Waals surface area (Å²) in [5.41, 5.74) is 0.345. The van der Waals surface area contributed by atoms with Crippen LogP contribution in [-0.4, -0.2) is 22.1 Å². The van der Waals surface area contributed by atoms with E-state index in [0.29, 0.717) is 36.3 Å². The van der Waals surface area contributed by atoms with Crippen molar-refractivity contribution in [2.24, 2.45) is 7.05 Å². The fourth-order valence-corrected chi connectivity index (χ4v) is 2.52. The molecule has 0 amide bonds. The van der Waals surface area contributed by atoms with Gasteiger partial charge in [-0.3, -0.25) is 4.79 Å². The molecule has 19 heavy (non-hydrogen) atoms. The van der Waals surface area contributed by atoms with E-state index in [2.05, 4.69) is 4.98 Å². The molecule has 0 aliphatic heterocycles. The average molecular weight is 262 g/mol. The number of aryl methyl sites for hydroxylation is 1. The summed E-state index contributed by atoms with van der Waals surface area (Å²) >= 11 is 0. The minimum absolute atomic E-state index is 0.256. The fourth-order valence-electron chi connectivity index (χ4n) is 2.52. The molecule has 1 aliphatic rings. The highest BCUT2D eigenvalue weighted by Crippen LogP contribution is 2.49. The van der Waals surface area contributed by atoms with Crippen molar-refractivity contribution in [2.75, 3.05) is 6.61 Å². The molecule has 1 heterocycles. The van der Waals surface area contributed by atoms with Crippen LogP contribution >= 0.6 is 0 Å². The minimum Gasteiger partial charge on any atom is -0.465 e. The Morgan fingerprint density at radius 3 is 2.84 bits per heavy atom. The van der Waals surface area contributed by atoms with E-state index in [1.807, 2.05) is 7.05 Å². The van der Waals surface area contributed by atoms with Gasteiger partial charge in [-0.1, -0.05) is 6.07 Å². The molecule has 100 valence electrons. The zero-order chi connectivity index (χ0) is 13.6. The van der Waals surface area contributed by atoms with Crippen LogP contribution in [0.4, 0.5) is 4.39 Å². The largest absolute Gasteiger partial charge is 0.465 e. The van der Waals surface area contributed by atoms with Crippen molar-refractivity contribution in [1.82, 2.24) is 9.55 Å². The third-order valence-electron chi connectivity index (χ3n) is 3.71. The van der Waals surface area contributed by atoms with Gasteiger partial charge < -0.3 is 9.30 Å². The van der Waals surface area contributed by atoms with Gasteiger partial charge in [0, 0.05) is 7.05 Å². The van der Waals surface area contributed by atoms with Gasteiger partial charge in [-0.25, -0.2) is 9.37 Å². The molecule has 1 aliphatic carbocycles. The monoisotopic (exact) mass is 262 g/mol. The second kappa shape index (κ2) is 4.05. The maximum Gasteiger partial charge on any atom is 0.319 e. The van der Waals surface area contributed by atoms with E-state index in [-0.39, 0.29) is 11.8 Å². The second-order valence-electron chi connectivity index (χ2n) is 4.90. The molecule has 0 N–H and O–H groups in total. The predicted molar refractivity (Wildman–Crippen MR) is 68.2 cm³/mol. The zero-order valence-electron chi connectivity index (χ0n) is 10.9. The van der Waals surface area contributed by atoms with Crippen molar-refractivity contribution in [3.63, 3.8) is 0 Å². The Morgan fingerprint density at radius 1 is 1.53 bits per heavy atom. The molecule has 5 heteroatoms. The van der Waals surface area contributed by atoms with Crippen LogP contribution in [0.1, 0.15) is 25.6 Å². The Balaban J connectivity index is 2.14. The number of esters is 1. The van der Waals surface area contributed by atoms with E-state index in [1.165, 1.54) is 6.07 Å². The third kappa shape index (κ3) is 1.64. The number of carbonyl (C=O) groups excluding carboxylic acids is 1. The minimum atomic E-state index is -0.670. The number of fused-ring (bicyclic) bond motifs is 1. The van der Waals surface area contributed by atoms with E-state index in [9.17, 15) is 9.18 Å². The molecule has 4 nitrogen and oxygen atoms in total. The lowest BCUT2D eigenvalue weighted by molar-refractivity contribution is -0.146. The standard InChI is InChI=1S/C14H15FN2O2/c1-3-19-13(18)14(7-8-14)12-16-11-9(15)5-4-6-10(11)17(12)2/h4-6H,3,7-8H2,1-2H3. The first-order valence-corrected chi connectivity index (χ1v) is 6.39. The van der Waals surface area contributed by atoms with Crippen LogP contribution in [0.25, 0.3) is 11.0 Å². The average Bonchev–Trinajstić information content (AvgIpc) is 3.12. The number of halogens is 1. The molecule has 0 radical (unpaired) electrons. The Labute approximate surface area is 110 Å². The SMILES string of the molecule is CCOC(=O)C1(c2nc3c(F)cccc3n2C)CC1. The summed E-state index contributed by atoms with van der Waals surface area (Å²) < 4.78 is 20.7. The van der Waals surface area contributed by atoms with Gasteiger partial charge in [0.05, 0.1) is 12.1 Å². The lowest BCUT2D eigenvalue weighted by Gasteiger charge is -2.13. The van der Waals surface area contributed by atoms with Crippen LogP contribution in [0.3, 0.4) is 0 Å². The highest BCUT2D eigenvalue weighted by atomic mass is 19.1. The normalized spacial score (nSPS) is 16.6. The molecule has 2 aromatic rings. The first-order chi connectivity index (χ1) is 9.10. The number of nitrogens with zero attached hydrogens (tertiary/aromatic N) is 2. The topological polar surface area (TPSA) is 44.1 Å². The number of ether oxygens (including phenoxy) is 1. The van der Waals surface area contributed by atoms with Crippen molar-refractivity contribution < 1.29 is 13.9 Å². The molecular formula is C14H15FN2O2. The maximum absolute atomic E-state index is 13.7. The van der Waals surface area contributed by atoms with Gasteiger partial charge in [0.2, 0.25) is 0 Å². The van der Waals surface area contributed by atoms with Crippen molar-refractivity contribution in [3.05, 3.63) is 29.8 Å². The number of aromatic nitrogens is 2. The van der Waals surface area contributed by atoms with Crippen molar-refractivity contribution >= 4 is 17.0 Å². The van der Waals surface area contributed by atoms with Gasteiger partial charge in [-0.2, -0.15) is 0 Å². The molecule has 3 rings (SSSR count). The van der Waals surface area contributed by atoms with E-state index < -0.39 is 5.41 Å². The maximum atomic E-state index is 13.7. The molecular weight excluding hydrogens is 247 g/mol. The molecule has 1 aromatic heterocycles. The number of imidazole rings is 1. The van der Waals surface area contributed by atoms with Gasteiger partial charge in [0.25, 0.3) is 0 Å². The van der Waals surface area contributed by atoms with Gasteiger partial charge >= 0.3 is 5.97 Å². The molecule has 0 saturated heterocycles. The molecule has 0 unspecified atom stereocenters. The second-order valence-corrected chi connectivity index (χ2v) is 4.90. The number of hydrogen-bond donors (Lipinski definition) is 0. The van der Waals surface area contributed by atoms with Crippen molar-refractivity contribution in [1.29, 1.82) is 0 Å². The van der Waals surface area contributed by atoms with Gasteiger partial charge in [0.15, 0.2) is 5.82 Å². The Bertz CT molecular complexity index is 659. The van der Waals surface area contributed by atoms with Gasteiger partial charge in [0.1, 0.15) is 16.8 Å². The van der Waals surface area contributed by atoms with E-state index >= 15 is 0 Å². The fraction of sp³-hybridized carbons (Fsp3) is 0.429. The summed E-state index contributed by atoms with van der Waals surface area (Å²) in [7, 11) is 1.81. The van der Waals surface area contributed by atoms with Crippen LogP contribution in [0.15, 0.2) is 18.2 Å². The summed E-state index contributed by atoms with van der Waals surface area (Å²) in [5, 5.41) is 0. The zero-order valence-corrected chi connectivity index (χ0v) is 10.9. The third-order valence-corrected chi connectivity index (χ3v) is 3.71. The highest BCUT2D eigenvalue weighted by molar-refractivity contribution is 5.87. The summed E-state index contributed by atoms with van der Waals surface area (Å²) in [5.74, 6) is -0.0149. The smallest absolute Gasteiger partial charge is 0.319 e. The van der Waals surface area contributed by atoms with Crippen molar-refractivity contribution in [2.45, 2.75) is 25.2 Å². The van der Waals surface area contributed by atoms with Crippen LogP contribution in [0, 0.1) is 5.82 Å². The van der Waals surface area contributed by atoms with Crippen LogP contribution < -0.4 is 0 Å². The Kier molecular flexibility index (Phi) is 2.59. The van der Waals surface area contributed by atoms with Crippen LogP contribution in [0.2, 0.25) is 0 Å². The van der Waals surface area contributed by atoms with Crippen molar-refractivity contribution in [3.8, 4) is 0 Å².